The molecule has 1 N–H and O–H groups in total. The molecule has 0 atom stereocenters. The smallest absolute Gasteiger partial charge is 0.263 e. The lowest BCUT2D eigenvalue weighted by Crippen LogP contribution is -2.13. The molecule has 1 aromatic heterocycles. The summed E-state index contributed by atoms with van der Waals surface area (Å²) >= 11 is 3.31. The fraction of sp³-hybridized carbons (Fsp3) is 0.278. The second kappa shape index (κ2) is 6.14. The zero-order chi connectivity index (χ0) is 18.4. The average molecular weight is 423 g/mol. The van der Waals surface area contributed by atoms with Gasteiger partial charge >= 0.3 is 0 Å². The van der Waals surface area contributed by atoms with Crippen LogP contribution in [0.2, 0.25) is 0 Å². The standard InChI is InChI=1S/C18H19BrN2O3S/c1-11-5-8-16(13(19)9-11)25(22,23)21-12-6-7-15-14(10-12)20-17(24-15)18(2,3)4/h5-10,21H,1-4H3. The molecular formula is C18H19BrN2O3S. The van der Waals surface area contributed by atoms with E-state index in [0.29, 0.717) is 27.2 Å². The normalized spacial score (nSPS) is 12.5. The lowest BCUT2D eigenvalue weighted by molar-refractivity contribution is 0.411. The third kappa shape index (κ3) is 3.72. The minimum absolute atomic E-state index is 0.189. The molecular weight excluding hydrogens is 404 g/mol. The molecule has 0 aliphatic rings. The van der Waals surface area contributed by atoms with E-state index in [-0.39, 0.29) is 10.3 Å². The zero-order valence-corrected chi connectivity index (χ0v) is 16.8. The largest absolute Gasteiger partial charge is 0.440 e. The number of fused-ring (bicyclic) bond motifs is 1. The Bertz CT molecular complexity index is 1050. The maximum atomic E-state index is 12.6. The Hall–Kier alpha value is -1.86. The highest BCUT2D eigenvalue weighted by Gasteiger charge is 2.22. The van der Waals surface area contributed by atoms with Crippen LogP contribution in [0, 0.1) is 6.92 Å². The van der Waals surface area contributed by atoms with E-state index in [0.717, 1.165) is 5.56 Å². The van der Waals surface area contributed by atoms with Crippen LogP contribution in [0.25, 0.3) is 11.1 Å². The molecule has 1 heterocycles. The quantitative estimate of drug-likeness (QED) is 0.644. The van der Waals surface area contributed by atoms with Crippen LogP contribution >= 0.6 is 15.9 Å². The third-order valence-electron chi connectivity index (χ3n) is 3.66. The summed E-state index contributed by atoms with van der Waals surface area (Å²) < 4.78 is 34.2. The van der Waals surface area contributed by atoms with E-state index in [1.807, 2.05) is 27.7 Å². The van der Waals surface area contributed by atoms with Crippen molar-refractivity contribution in [3.05, 3.63) is 52.3 Å². The molecule has 0 saturated heterocycles. The number of sulfonamides is 1. The molecule has 25 heavy (non-hydrogen) atoms. The van der Waals surface area contributed by atoms with Crippen LogP contribution in [0.1, 0.15) is 32.2 Å². The third-order valence-corrected chi connectivity index (χ3v) is 6.02. The first kappa shape index (κ1) is 17.9. The number of oxazole rings is 1. The number of anilines is 1. The number of nitrogens with zero attached hydrogens (tertiary/aromatic N) is 1. The second-order valence-electron chi connectivity index (χ2n) is 6.99. The van der Waals surface area contributed by atoms with Gasteiger partial charge in [0.25, 0.3) is 10.0 Å². The topological polar surface area (TPSA) is 72.2 Å². The summed E-state index contributed by atoms with van der Waals surface area (Å²) in [5.74, 6) is 0.615. The van der Waals surface area contributed by atoms with Gasteiger partial charge in [-0.15, -0.1) is 0 Å². The van der Waals surface area contributed by atoms with Crippen molar-refractivity contribution in [3.8, 4) is 0 Å². The highest BCUT2D eigenvalue weighted by molar-refractivity contribution is 9.10. The minimum Gasteiger partial charge on any atom is -0.440 e. The van der Waals surface area contributed by atoms with Gasteiger partial charge in [-0.3, -0.25) is 4.72 Å². The van der Waals surface area contributed by atoms with Crippen molar-refractivity contribution in [2.24, 2.45) is 0 Å². The number of hydrogen-bond donors (Lipinski definition) is 1. The molecule has 0 spiro atoms. The van der Waals surface area contributed by atoms with Gasteiger partial charge in [-0.2, -0.15) is 0 Å². The zero-order valence-electron chi connectivity index (χ0n) is 14.4. The van der Waals surface area contributed by atoms with Crippen LogP contribution < -0.4 is 4.72 Å². The average Bonchev–Trinajstić information content (AvgIpc) is 2.89. The van der Waals surface area contributed by atoms with E-state index < -0.39 is 10.0 Å². The summed E-state index contributed by atoms with van der Waals surface area (Å²) in [5.41, 5.74) is 2.45. The van der Waals surface area contributed by atoms with E-state index in [1.54, 1.807) is 36.4 Å². The second-order valence-corrected chi connectivity index (χ2v) is 9.50. The Morgan fingerprint density at radius 1 is 1.12 bits per heavy atom. The van der Waals surface area contributed by atoms with E-state index in [4.69, 9.17) is 4.42 Å². The maximum absolute atomic E-state index is 12.6. The number of aromatic nitrogens is 1. The summed E-state index contributed by atoms with van der Waals surface area (Å²) in [6, 6.07) is 10.2. The van der Waals surface area contributed by atoms with Gasteiger partial charge in [0.2, 0.25) is 5.89 Å². The SMILES string of the molecule is Cc1ccc(S(=O)(=O)Nc2ccc3oc(C(C)(C)C)nc3c2)c(Br)c1. The van der Waals surface area contributed by atoms with E-state index >= 15 is 0 Å². The Kier molecular flexibility index (Phi) is 4.41. The van der Waals surface area contributed by atoms with Crippen LogP contribution in [0.4, 0.5) is 5.69 Å². The predicted octanol–water partition coefficient (Wildman–Crippen LogP) is 5.00. The van der Waals surface area contributed by atoms with Crippen molar-refractivity contribution in [1.82, 2.24) is 4.98 Å². The Labute approximate surface area is 155 Å². The fourth-order valence-corrected chi connectivity index (χ4v) is 4.59. The molecule has 0 fully saturated rings. The first-order valence-corrected chi connectivity index (χ1v) is 10.0. The van der Waals surface area contributed by atoms with Gasteiger partial charge in [-0.25, -0.2) is 13.4 Å². The lowest BCUT2D eigenvalue weighted by atomic mass is 9.97. The van der Waals surface area contributed by atoms with Gasteiger partial charge in [0.1, 0.15) is 10.4 Å². The molecule has 132 valence electrons. The van der Waals surface area contributed by atoms with Gasteiger partial charge in [-0.05, 0) is 58.7 Å². The van der Waals surface area contributed by atoms with Crippen LogP contribution in [-0.4, -0.2) is 13.4 Å². The molecule has 0 radical (unpaired) electrons. The molecule has 0 aliphatic heterocycles. The fourth-order valence-electron chi connectivity index (χ4n) is 2.35. The van der Waals surface area contributed by atoms with Gasteiger partial charge in [0.05, 0.1) is 5.69 Å². The number of aryl methyl sites for hydroxylation is 1. The number of nitrogens with one attached hydrogen (secondary N) is 1. The summed E-state index contributed by atoms with van der Waals surface area (Å²) in [4.78, 5) is 4.65. The first-order valence-electron chi connectivity index (χ1n) is 7.76. The monoisotopic (exact) mass is 422 g/mol. The van der Waals surface area contributed by atoms with E-state index in [1.165, 1.54) is 0 Å². The molecule has 0 amide bonds. The lowest BCUT2D eigenvalue weighted by Gasteiger charge is -2.11. The molecule has 3 rings (SSSR count). The van der Waals surface area contributed by atoms with Gasteiger partial charge in [0.15, 0.2) is 5.58 Å². The van der Waals surface area contributed by atoms with Crippen molar-refractivity contribution in [2.75, 3.05) is 4.72 Å². The summed E-state index contributed by atoms with van der Waals surface area (Å²) in [6.07, 6.45) is 0. The minimum atomic E-state index is -3.71. The van der Waals surface area contributed by atoms with E-state index in [2.05, 4.69) is 25.6 Å². The number of benzene rings is 2. The molecule has 0 aliphatic carbocycles. The van der Waals surface area contributed by atoms with Crippen LogP contribution in [0.5, 0.6) is 0 Å². The van der Waals surface area contributed by atoms with Crippen molar-refractivity contribution in [1.29, 1.82) is 0 Å². The number of halogens is 1. The molecule has 2 aromatic carbocycles. The van der Waals surface area contributed by atoms with Gasteiger partial charge in [-0.1, -0.05) is 26.8 Å². The van der Waals surface area contributed by atoms with Gasteiger partial charge < -0.3 is 4.42 Å². The van der Waals surface area contributed by atoms with Crippen molar-refractivity contribution in [3.63, 3.8) is 0 Å². The molecule has 5 nitrogen and oxygen atoms in total. The summed E-state index contributed by atoms with van der Waals surface area (Å²) in [6.45, 7) is 7.93. The molecule has 3 aromatic rings. The summed E-state index contributed by atoms with van der Waals surface area (Å²) in [7, 11) is -3.71. The first-order chi connectivity index (χ1) is 11.6. The Balaban J connectivity index is 1.96. The molecule has 0 bridgehead atoms. The van der Waals surface area contributed by atoms with Gasteiger partial charge in [0, 0.05) is 9.89 Å². The highest BCUT2D eigenvalue weighted by Crippen LogP contribution is 2.29. The van der Waals surface area contributed by atoms with Crippen LogP contribution in [0.15, 0.2) is 50.2 Å². The molecule has 0 unspecified atom stereocenters. The van der Waals surface area contributed by atoms with Crippen LogP contribution in [0.3, 0.4) is 0 Å². The summed E-state index contributed by atoms with van der Waals surface area (Å²) in [5, 5.41) is 0. The molecule has 7 heteroatoms. The van der Waals surface area contributed by atoms with Crippen LogP contribution in [-0.2, 0) is 15.4 Å². The van der Waals surface area contributed by atoms with Crippen molar-refractivity contribution >= 4 is 42.7 Å². The maximum Gasteiger partial charge on any atom is 0.263 e. The molecule has 0 saturated carbocycles. The predicted molar refractivity (Wildman–Crippen MR) is 102 cm³/mol. The number of hydrogen-bond acceptors (Lipinski definition) is 4. The number of rotatable bonds is 3. The van der Waals surface area contributed by atoms with Crippen molar-refractivity contribution < 1.29 is 12.8 Å². The Morgan fingerprint density at radius 2 is 1.84 bits per heavy atom. The Morgan fingerprint density at radius 3 is 2.48 bits per heavy atom. The van der Waals surface area contributed by atoms with Crippen molar-refractivity contribution in [2.45, 2.75) is 38.0 Å². The van der Waals surface area contributed by atoms with E-state index in [9.17, 15) is 8.42 Å². The highest BCUT2D eigenvalue weighted by atomic mass is 79.9.